The quantitative estimate of drug-likeness (QED) is 0.271. The molecule has 1 aliphatic carbocycles. The molecule has 0 atom stereocenters. The molecule has 2 N–H and O–H groups in total. The maximum atomic E-state index is 12.8. The first-order valence-electron chi connectivity index (χ1n) is 10.9. The summed E-state index contributed by atoms with van der Waals surface area (Å²) in [6, 6.07) is 0. The highest BCUT2D eigenvalue weighted by Crippen LogP contribution is 2.50. The van der Waals surface area contributed by atoms with Crippen molar-refractivity contribution >= 4 is 37.6 Å². The molecule has 5 heteroatoms. The van der Waals surface area contributed by atoms with Crippen molar-refractivity contribution in [1.29, 1.82) is 0 Å². The van der Waals surface area contributed by atoms with E-state index in [9.17, 15) is 9.90 Å². The maximum Gasteiger partial charge on any atom is 0.165 e. The smallest absolute Gasteiger partial charge is 0.165 e. The number of aliphatic hydroxyl groups is 1. The fourth-order valence-corrected chi connectivity index (χ4v) is 5.30. The van der Waals surface area contributed by atoms with Gasteiger partial charge in [-0.1, -0.05) is 73.5 Å². The molecule has 30 heavy (non-hydrogen) atoms. The van der Waals surface area contributed by atoms with E-state index in [0.717, 1.165) is 45.9 Å². The van der Waals surface area contributed by atoms with Gasteiger partial charge in [-0.2, -0.15) is 0 Å². The van der Waals surface area contributed by atoms with E-state index in [1.165, 1.54) is 0 Å². The number of ketones is 1. The standard InChI is InChI=1S/C25H37Br2NO2/c1-8-9-12-25(30)19(23(2,3)4)13-16(14-20(25)24(5,6)7)10-11-18(29)17-15-28-22(27)21(17)26/h13-16,28,30H,8-12H2,1-7H3. The molecule has 1 aromatic heterocycles. The van der Waals surface area contributed by atoms with Crippen LogP contribution in [0.4, 0.5) is 0 Å². The van der Waals surface area contributed by atoms with E-state index >= 15 is 0 Å². The summed E-state index contributed by atoms with van der Waals surface area (Å²) in [5.41, 5.74) is 1.66. The number of Topliss-reactive ketones (excluding diaryl/α,β-unsaturated/α-hetero) is 1. The summed E-state index contributed by atoms with van der Waals surface area (Å²) < 4.78 is 1.57. The van der Waals surface area contributed by atoms with Gasteiger partial charge in [-0.05, 0) is 72.6 Å². The van der Waals surface area contributed by atoms with Gasteiger partial charge < -0.3 is 10.1 Å². The number of carbonyl (C=O) groups excluding carboxylic acids is 1. The van der Waals surface area contributed by atoms with Crippen LogP contribution in [0.3, 0.4) is 0 Å². The van der Waals surface area contributed by atoms with E-state index in [4.69, 9.17) is 0 Å². The van der Waals surface area contributed by atoms with Gasteiger partial charge in [0.1, 0.15) is 5.60 Å². The number of hydrogen-bond acceptors (Lipinski definition) is 2. The molecule has 0 saturated heterocycles. The molecule has 0 spiro atoms. The molecule has 0 radical (unpaired) electrons. The summed E-state index contributed by atoms with van der Waals surface area (Å²) in [5, 5.41) is 12.0. The average molecular weight is 543 g/mol. The van der Waals surface area contributed by atoms with E-state index in [2.05, 4.69) is 97.5 Å². The summed E-state index contributed by atoms with van der Waals surface area (Å²) in [5.74, 6) is 0.257. The molecule has 0 bridgehead atoms. The lowest BCUT2D eigenvalue weighted by atomic mass is 9.61. The monoisotopic (exact) mass is 541 g/mol. The lowest BCUT2D eigenvalue weighted by Crippen LogP contribution is -2.45. The Kier molecular flexibility index (Phi) is 8.07. The minimum Gasteiger partial charge on any atom is -0.381 e. The Morgan fingerprint density at radius 1 is 1.10 bits per heavy atom. The van der Waals surface area contributed by atoms with Gasteiger partial charge in [-0.15, -0.1) is 0 Å². The second kappa shape index (κ2) is 9.46. The third-order valence-electron chi connectivity index (χ3n) is 5.94. The molecular weight excluding hydrogens is 506 g/mol. The van der Waals surface area contributed by atoms with Crippen molar-refractivity contribution in [3.8, 4) is 0 Å². The number of unbranched alkanes of at least 4 members (excludes halogenated alkanes) is 1. The number of carbonyl (C=O) groups is 1. The van der Waals surface area contributed by atoms with Crippen LogP contribution in [0.2, 0.25) is 0 Å². The zero-order valence-corrected chi connectivity index (χ0v) is 22.6. The predicted octanol–water partition coefficient (Wildman–Crippen LogP) is 8.00. The van der Waals surface area contributed by atoms with Gasteiger partial charge in [0.2, 0.25) is 0 Å². The van der Waals surface area contributed by atoms with Crippen LogP contribution in [0.1, 0.15) is 90.9 Å². The van der Waals surface area contributed by atoms with Crippen LogP contribution < -0.4 is 0 Å². The number of rotatable bonds is 7. The zero-order valence-electron chi connectivity index (χ0n) is 19.5. The molecule has 0 fully saturated rings. The molecule has 0 unspecified atom stereocenters. The topological polar surface area (TPSA) is 53.1 Å². The lowest BCUT2D eigenvalue weighted by molar-refractivity contribution is 0.0613. The van der Waals surface area contributed by atoms with E-state index < -0.39 is 5.60 Å². The van der Waals surface area contributed by atoms with Crippen LogP contribution >= 0.6 is 31.9 Å². The fourth-order valence-electron chi connectivity index (χ4n) is 4.52. The summed E-state index contributed by atoms with van der Waals surface area (Å²) in [6.45, 7) is 15.2. The van der Waals surface area contributed by atoms with Crippen LogP contribution in [0.25, 0.3) is 0 Å². The van der Waals surface area contributed by atoms with E-state index in [1.54, 1.807) is 6.20 Å². The number of aromatic amines is 1. The Balaban J connectivity index is 2.37. The van der Waals surface area contributed by atoms with Crippen molar-refractivity contribution in [2.24, 2.45) is 16.7 Å². The molecule has 2 rings (SSSR count). The lowest BCUT2D eigenvalue weighted by Gasteiger charge is -2.47. The summed E-state index contributed by atoms with van der Waals surface area (Å²) in [7, 11) is 0. The van der Waals surface area contributed by atoms with E-state index in [0.29, 0.717) is 12.0 Å². The van der Waals surface area contributed by atoms with Crippen LogP contribution in [0, 0.1) is 16.7 Å². The van der Waals surface area contributed by atoms with Crippen LogP contribution in [-0.2, 0) is 0 Å². The summed E-state index contributed by atoms with van der Waals surface area (Å²) >= 11 is 6.87. The Bertz CT molecular complexity index is 802. The number of halogens is 2. The van der Waals surface area contributed by atoms with Gasteiger partial charge in [-0.3, -0.25) is 4.79 Å². The molecule has 1 aliphatic rings. The fraction of sp³-hybridized carbons (Fsp3) is 0.640. The Morgan fingerprint density at radius 3 is 2.03 bits per heavy atom. The maximum absolute atomic E-state index is 12.8. The second-order valence-electron chi connectivity index (χ2n) is 10.6. The van der Waals surface area contributed by atoms with E-state index in [-0.39, 0.29) is 22.5 Å². The van der Waals surface area contributed by atoms with Crippen LogP contribution in [0.5, 0.6) is 0 Å². The molecule has 3 nitrogen and oxygen atoms in total. The molecule has 0 aromatic carbocycles. The second-order valence-corrected chi connectivity index (χ2v) is 12.2. The number of H-pyrrole nitrogens is 1. The van der Waals surface area contributed by atoms with Gasteiger partial charge in [0.25, 0.3) is 0 Å². The highest BCUT2D eigenvalue weighted by atomic mass is 79.9. The van der Waals surface area contributed by atoms with Gasteiger partial charge in [-0.25, -0.2) is 0 Å². The minimum atomic E-state index is -0.915. The Labute approximate surface area is 199 Å². The first kappa shape index (κ1) is 25.6. The van der Waals surface area contributed by atoms with Gasteiger partial charge in [0.15, 0.2) is 5.78 Å². The van der Waals surface area contributed by atoms with Crippen molar-refractivity contribution in [3.05, 3.63) is 44.1 Å². The average Bonchev–Trinajstić information content (AvgIpc) is 2.96. The number of hydrogen-bond donors (Lipinski definition) is 2. The first-order chi connectivity index (χ1) is 13.7. The Morgan fingerprint density at radius 2 is 1.63 bits per heavy atom. The first-order valence-corrected chi connectivity index (χ1v) is 12.5. The Hall–Kier alpha value is -0.650. The van der Waals surface area contributed by atoms with Crippen molar-refractivity contribution in [2.45, 2.75) is 86.2 Å². The van der Waals surface area contributed by atoms with Crippen LogP contribution in [-0.4, -0.2) is 21.5 Å². The highest BCUT2D eigenvalue weighted by Gasteiger charge is 2.46. The summed E-state index contributed by atoms with van der Waals surface area (Å²) in [4.78, 5) is 15.8. The minimum absolute atomic E-state index is 0.118. The number of aromatic nitrogens is 1. The molecular formula is C25H37Br2NO2. The largest absolute Gasteiger partial charge is 0.381 e. The highest BCUT2D eigenvalue weighted by molar-refractivity contribution is 9.13. The van der Waals surface area contributed by atoms with Crippen molar-refractivity contribution in [1.82, 2.24) is 4.98 Å². The molecule has 0 aliphatic heterocycles. The number of allylic oxidation sites excluding steroid dienone is 2. The van der Waals surface area contributed by atoms with Crippen molar-refractivity contribution < 1.29 is 9.90 Å². The van der Waals surface area contributed by atoms with Gasteiger partial charge >= 0.3 is 0 Å². The molecule has 0 amide bonds. The SMILES string of the molecule is CCCCC1(O)C(C(C)(C)C)=CC(CCC(=O)c2c[nH]c(Br)c2Br)C=C1C(C)(C)C. The third-order valence-corrected chi connectivity index (χ3v) is 7.92. The van der Waals surface area contributed by atoms with Crippen molar-refractivity contribution in [3.63, 3.8) is 0 Å². The van der Waals surface area contributed by atoms with E-state index in [1.807, 2.05) is 0 Å². The van der Waals surface area contributed by atoms with Gasteiger partial charge in [0, 0.05) is 12.6 Å². The predicted molar refractivity (Wildman–Crippen MR) is 133 cm³/mol. The molecule has 1 aromatic rings. The number of nitrogens with one attached hydrogen (secondary N) is 1. The molecule has 0 saturated carbocycles. The van der Waals surface area contributed by atoms with Crippen molar-refractivity contribution in [2.75, 3.05) is 0 Å². The zero-order chi connectivity index (χ0) is 22.9. The third kappa shape index (κ3) is 5.58. The normalized spacial score (nSPS) is 22.7. The summed E-state index contributed by atoms with van der Waals surface area (Å²) in [6.07, 6.45) is 10.2. The van der Waals surface area contributed by atoms with Crippen LogP contribution in [0.15, 0.2) is 38.6 Å². The molecule has 1 heterocycles. The van der Waals surface area contributed by atoms with Gasteiger partial charge in [0.05, 0.1) is 14.6 Å². The molecule has 168 valence electrons.